The van der Waals surface area contributed by atoms with Crippen LogP contribution in [-0.2, 0) is 37.0 Å². The van der Waals surface area contributed by atoms with Gasteiger partial charge in [0.1, 0.15) is 18.4 Å². The molecule has 46 heavy (non-hydrogen) atoms. The predicted octanol–water partition coefficient (Wildman–Crippen LogP) is 7.40. The molecule has 1 aliphatic heterocycles. The van der Waals surface area contributed by atoms with E-state index in [1.165, 1.54) is 0 Å². The monoisotopic (exact) mass is 646 g/mol. The van der Waals surface area contributed by atoms with Crippen LogP contribution < -0.4 is 4.90 Å². The molecule has 242 valence electrons. The Kier molecular flexibility index (Phi) is 10.8. The Morgan fingerprint density at radius 2 is 1.54 bits per heavy atom. The number of hydrogen-bond acceptors (Lipinski definition) is 9. The number of anilines is 1. The number of hydroxylamine groups is 2. The summed E-state index contributed by atoms with van der Waals surface area (Å²) in [5.74, 6) is -0.488. The number of ether oxygens (including phenoxy) is 4. The molecule has 0 saturated carbocycles. The fourth-order valence-corrected chi connectivity index (χ4v) is 5.53. The van der Waals surface area contributed by atoms with Crippen LogP contribution in [0.4, 0.5) is 10.5 Å². The van der Waals surface area contributed by atoms with Crippen molar-refractivity contribution in [2.24, 2.45) is 0 Å². The van der Waals surface area contributed by atoms with Gasteiger partial charge >= 0.3 is 12.1 Å². The van der Waals surface area contributed by atoms with Gasteiger partial charge in [-0.25, -0.2) is 9.59 Å². The highest BCUT2D eigenvalue weighted by Gasteiger charge is 2.38. The Morgan fingerprint density at radius 3 is 2.26 bits per heavy atom. The van der Waals surface area contributed by atoms with Gasteiger partial charge in [0.05, 0.1) is 42.9 Å². The Morgan fingerprint density at radius 1 is 0.848 bits per heavy atom. The normalized spacial score (nSPS) is 17.1. The number of esters is 1. The summed E-state index contributed by atoms with van der Waals surface area (Å²) in [6.07, 6.45) is -1.28. The SMILES string of the molecule is COCC1CN(OC(=O)OC(C)(C)C)CC(OCc2ccc3ccccc3c2)N1c1ccc(COC(=O)c2ccccc2Cl)cc1. The van der Waals surface area contributed by atoms with Crippen molar-refractivity contribution >= 4 is 40.2 Å². The van der Waals surface area contributed by atoms with Crippen LogP contribution in [0, 0.1) is 0 Å². The molecule has 1 fully saturated rings. The van der Waals surface area contributed by atoms with E-state index in [4.69, 9.17) is 35.4 Å². The minimum Gasteiger partial charge on any atom is -0.457 e. The minimum absolute atomic E-state index is 0.0885. The summed E-state index contributed by atoms with van der Waals surface area (Å²) >= 11 is 6.15. The molecule has 0 amide bonds. The number of methoxy groups -OCH3 is 1. The van der Waals surface area contributed by atoms with Gasteiger partial charge in [-0.2, -0.15) is 0 Å². The zero-order valence-electron chi connectivity index (χ0n) is 26.5. The van der Waals surface area contributed by atoms with Gasteiger partial charge in [0.2, 0.25) is 0 Å². The molecule has 0 aliphatic carbocycles. The Balaban J connectivity index is 1.34. The topological polar surface area (TPSA) is 86.8 Å². The maximum absolute atomic E-state index is 12.6. The first-order valence-electron chi connectivity index (χ1n) is 15.1. The highest BCUT2D eigenvalue weighted by atomic mass is 35.5. The molecule has 1 aliphatic rings. The zero-order chi connectivity index (χ0) is 32.7. The molecule has 1 saturated heterocycles. The van der Waals surface area contributed by atoms with Crippen molar-refractivity contribution in [1.29, 1.82) is 0 Å². The molecule has 9 nitrogen and oxygen atoms in total. The van der Waals surface area contributed by atoms with Crippen LogP contribution in [0.25, 0.3) is 10.8 Å². The molecule has 0 N–H and O–H groups in total. The van der Waals surface area contributed by atoms with E-state index in [9.17, 15) is 9.59 Å². The van der Waals surface area contributed by atoms with E-state index in [1.807, 2.05) is 36.4 Å². The maximum atomic E-state index is 12.6. The van der Waals surface area contributed by atoms with Gasteiger partial charge in [-0.05, 0) is 73.0 Å². The molecule has 4 aromatic carbocycles. The Bertz CT molecular complexity index is 1640. The van der Waals surface area contributed by atoms with Crippen molar-refractivity contribution in [3.05, 3.63) is 113 Å². The quantitative estimate of drug-likeness (QED) is 0.164. The van der Waals surface area contributed by atoms with Crippen molar-refractivity contribution in [2.45, 2.75) is 51.9 Å². The number of fused-ring (bicyclic) bond motifs is 1. The summed E-state index contributed by atoms with van der Waals surface area (Å²) in [6.45, 7) is 6.77. The third-order valence-corrected chi connectivity index (χ3v) is 7.71. The standard InChI is InChI=1S/C36H39ClN2O7/c1-36(2,3)45-35(41)46-38-20-30(24-42-4)39(33(21-38)43-23-26-13-16-27-9-5-6-10-28(27)19-26)29-17-14-25(15-18-29)22-44-34(40)31-11-7-8-12-32(31)37/h5-19,30,33H,20-24H2,1-4H3. The van der Waals surface area contributed by atoms with E-state index in [1.54, 1.807) is 57.2 Å². The van der Waals surface area contributed by atoms with Crippen LogP contribution in [0.3, 0.4) is 0 Å². The van der Waals surface area contributed by atoms with Crippen molar-refractivity contribution < 1.29 is 33.4 Å². The number of rotatable bonds is 10. The Labute approximate surface area is 274 Å². The smallest absolute Gasteiger partial charge is 0.457 e. The molecule has 2 atom stereocenters. The number of carbonyl (C=O) groups excluding carboxylic acids is 2. The second-order valence-electron chi connectivity index (χ2n) is 12.1. The Hall–Kier alpha value is -4.15. The molecule has 4 aromatic rings. The molecule has 2 unspecified atom stereocenters. The molecular formula is C36H39ClN2O7. The summed E-state index contributed by atoms with van der Waals surface area (Å²) < 4.78 is 23.1. The molecular weight excluding hydrogens is 608 g/mol. The molecule has 0 radical (unpaired) electrons. The summed E-state index contributed by atoms with van der Waals surface area (Å²) in [5, 5.41) is 4.20. The summed E-state index contributed by atoms with van der Waals surface area (Å²) in [6, 6.07) is 28.7. The molecule has 0 spiro atoms. The van der Waals surface area contributed by atoms with Gasteiger partial charge < -0.3 is 28.7 Å². The number of nitrogens with zero attached hydrogens (tertiary/aromatic N) is 2. The van der Waals surface area contributed by atoms with Crippen LogP contribution in [-0.4, -0.2) is 61.9 Å². The predicted molar refractivity (Wildman–Crippen MR) is 177 cm³/mol. The van der Waals surface area contributed by atoms with Crippen LogP contribution in [0.5, 0.6) is 0 Å². The molecule has 1 heterocycles. The van der Waals surface area contributed by atoms with E-state index < -0.39 is 24.0 Å². The average molecular weight is 647 g/mol. The summed E-state index contributed by atoms with van der Waals surface area (Å²) in [4.78, 5) is 32.9. The highest BCUT2D eigenvalue weighted by molar-refractivity contribution is 6.33. The second kappa shape index (κ2) is 15.0. The third kappa shape index (κ3) is 8.76. The van der Waals surface area contributed by atoms with Crippen LogP contribution >= 0.6 is 11.6 Å². The fourth-order valence-electron chi connectivity index (χ4n) is 5.32. The van der Waals surface area contributed by atoms with Gasteiger partial charge in [0, 0.05) is 12.8 Å². The highest BCUT2D eigenvalue weighted by Crippen LogP contribution is 2.28. The average Bonchev–Trinajstić information content (AvgIpc) is 3.02. The number of piperazine rings is 1. The first-order valence-corrected chi connectivity index (χ1v) is 15.5. The van der Waals surface area contributed by atoms with Crippen LogP contribution in [0.15, 0.2) is 91.0 Å². The molecule has 10 heteroatoms. The minimum atomic E-state index is -0.777. The van der Waals surface area contributed by atoms with Gasteiger partial charge in [0.15, 0.2) is 0 Å². The molecule has 0 bridgehead atoms. The van der Waals surface area contributed by atoms with Crippen molar-refractivity contribution in [3.63, 3.8) is 0 Å². The lowest BCUT2D eigenvalue weighted by molar-refractivity contribution is -0.180. The van der Waals surface area contributed by atoms with Gasteiger partial charge in [0.25, 0.3) is 0 Å². The first kappa shape index (κ1) is 33.2. The number of benzene rings is 4. The molecule has 5 rings (SSSR count). The van der Waals surface area contributed by atoms with Crippen molar-refractivity contribution in [2.75, 3.05) is 31.7 Å². The lowest BCUT2D eigenvalue weighted by Crippen LogP contribution is -2.61. The van der Waals surface area contributed by atoms with Gasteiger partial charge in [-0.15, -0.1) is 5.06 Å². The van der Waals surface area contributed by atoms with Crippen molar-refractivity contribution in [3.8, 4) is 0 Å². The number of carbonyl (C=O) groups is 2. The van der Waals surface area contributed by atoms with E-state index in [0.29, 0.717) is 30.3 Å². The van der Waals surface area contributed by atoms with E-state index >= 15 is 0 Å². The zero-order valence-corrected chi connectivity index (χ0v) is 27.2. The van der Waals surface area contributed by atoms with Gasteiger partial charge in [-0.1, -0.05) is 72.3 Å². The maximum Gasteiger partial charge on any atom is 0.528 e. The fraction of sp³-hybridized carbons (Fsp3) is 0.333. The van der Waals surface area contributed by atoms with Crippen LogP contribution in [0.2, 0.25) is 5.02 Å². The van der Waals surface area contributed by atoms with E-state index in [0.717, 1.165) is 27.6 Å². The largest absolute Gasteiger partial charge is 0.528 e. The summed E-state index contributed by atoms with van der Waals surface area (Å²) in [7, 11) is 1.63. The second-order valence-corrected chi connectivity index (χ2v) is 12.5. The van der Waals surface area contributed by atoms with Crippen LogP contribution in [0.1, 0.15) is 42.3 Å². The van der Waals surface area contributed by atoms with E-state index in [2.05, 4.69) is 35.2 Å². The van der Waals surface area contributed by atoms with Gasteiger partial charge in [-0.3, -0.25) is 0 Å². The molecule has 0 aromatic heterocycles. The number of halogens is 1. The van der Waals surface area contributed by atoms with Crippen molar-refractivity contribution in [1.82, 2.24) is 5.06 Å². The third-order valence-electron chi connectivity index (χ3n) is 7.38. The lowest BCUT2D eigenvalue weighted by atomic mass is 10.1. The number of hydrogen-bond donors (Lipinski definition) is 0. The van der Waals surface area contributed by atoms with E-state index in [-0.39, 0.29) is 19.2 Å². The summed E-state index contributed by atoms with van der Waals surface area (Å²) in [5.41, 5.74) is 2.33. The lowest BCUT2D eigenvalue weighted by Gasteiger charge is -2.46. The first-order chi connectivity index (χ1) is 22.1.